The summed E-state index contributed by atoms with van der Waals surface area (Å²) in [5.41, 5.74) is 2.20. The monoisotopic (exact) mass is 531 g/mol. The Balaban J connectivity index is 3.49. The van der Waals surface area contributed by atoms with Gasteiger partial charge in [0.1, 0.15) is 17.7 Å². The van der Waals surface area contributed by atoms with Crippen LogP contribution in [0.15, 0.2) is 18.2 Å². The number of nitrogens with one attached hydrogen (secondary N) is 2. The van der Waals surface area contributed by atoms with Gasteiger partial charge in [0.15, 0.2) is 0 Å². The van der Waals surface area contributed by atoms with E-state index in [9.17, 15) is 14.4 Å². The molecule has 38 heavy (non-hydrogen) atoms. The number of carbonyl (C=O) groups excluding carboxylic acids is 3. The van der Waals surface area contributed by atoms with Crippen LogP contribution >= 0.6 is 0 Å². The summed E-state index contributed by atoms with van der Waals surface area (Å²) in [5.74, 6) is -0.643. The SMILES string of the molecule is CCCCCCN(C(=O)C(NC(=O)OC(C)(C)C)C(C)C)C(C(=O)NCCCCC)c1cccc(C)c1C. The Morgan fingerprint density at radius 3 is 2.16 bits per heavy atom. The Morgan fingerprint density at radius 1 is 0.947 bits per heavy atom. The smallest absolute Gasteiger partial charge is 0.408 e. The highest BCUT2D eigenvalue weighted by molar-refractivity contribution is 5.92. The molecule has 0 heterocycles. The zero-order chi connectivity index (χ0) is 28.9. The fraction of sp³-hybridized carbons (Fsp3) is 0.710. The molecule has 0 aliphatic carbocycles. The van der Waals surface area contributed by atoms with Gasteiger partial charge in [0.05, 0.1) is 0 Å². The summed E-state index contributed by atoms with van der Waals surface area (Å²) in [7, 11) is 0. The van der Waals surface area contributed by atoms with Crippen LogP contribution in [0.1, 0.15) is 116 Å². The first-order valence-corrected chi connectivity index (χ1v) is 14.5. The molecule has 0 saturated carbocycles. The molecule has 0 spiro atoms. The maximum Gasteiger partial charge on any atom is 0.408 e. The fourth-order valence-electron chi connectivity index (χ4n) is 4.41. The molecule has 2 unspecified atom stereocenters. The van der Waals surface area contributed by atoms with Crippen molar-refractivity contribution in [3.63, 3.8) is 0 Å². The zero-order valence-corrected chi connectivity index (χ0v) is 25.4. The number of ether oxygens (including phenoxy) is 1. The first-order chi connectivity index (χ1) is 17.8. The van der Waals surface area contributed by atoms with Crippen molar-refractivity contribution in [2.24, 2.45) is 5.92 Å². The molecule has 1 aromatic carbocycles. The van der Waals surface area contributed by atoms with Crippen molar-refractivity contribution in [3.8, 4) is 0 Å². The maximum absolute atomic E-state index is 14.2. The predicted octanol–water partition coefficient (Wildman–Crippen LogP) is 6.61. The van der Waals surface area contributed by atoms with Gasteiger partial charge in [-0.1, -0.05) is 78.0 Å². The summed E-state index contributed by atoms with van der Waals surface area (Å²) in [5, 5.41) is 5.90. The van der Waals surface area contributed by atoms with E-state index < -0.39 is 23.8 Å². The lowest BCUT2D eigenvalue weighted by molar-refractivity contribution is -0.143. The molecule has 7 nitrogen and oxygen atoms in total. The van der Waals surface area contributed by atoms with Crippen molar-refractivity contribution in [1.29, 1.82) is 0 Å². The van der Waals surface area contributed by atoms with Gasteiger partial charge in [0, 0.05) is 13.1 Å². The largest absolute Gasteiger partial charge is 0.444 e. The second-order valence-corrected chi connectivity index (χ2v) is 11.7. The minimum absolute atomic E-state index is 0.182. The van der Waals surface area contributed by atoms with Crippen molar-refractivity contribution >= 4 is 17.9 Å². The minimum atomic E-state index is -0.823. The molecule has 2 N–H and O–H groups in total. The van der Waals surface area contributed by atoms with Gasteiger partial charge in [-0.3, -0.25) is 9.59 Å². The van der Waals surface area contributed by atoms with Crippen molar-refractivity contribution in [1.82, 2.24) is 15.5 Å². The van der Waals surface area contributed by atoms with Crippen LogP contribution in [0.3, 0.4) is 0 Å². The number of amides is 3. The van der Waals surface area contributed by atoms with Gasteiger partial charge in [-0.05, 0) is 70.1 Å². The summed E-state index contributed by atoms with van der Waals surface area (Å²) >= 11 is 0. The van der Waals surface area contributed by atoms with Crippen molar-refractivity contribution in [2.45, 2.75) is 125 Å². The van der Waals surface area contributed by atoms with Gasteiger partial charge < -0.3 is 20.3 Å². The van der Waals surface area contributed by atoms with Crippen molar-refractivity contribution < 1.29 is 19.1 Å². The number of carbonyl (C=O) groups is 3. The van der Waals surface area contributed by atoms with Crippen LogP contribution in [0.2, 0.25) is 0 Å². The molecule has 0 aromatic heterocycles. The van der Waals surface area contributed by atoms with E-state index in [2.05, 4.69) is 24.5 Å². The number of unbranched alkanes of at least 4 members (excludes halogenated alkanes) is 5. The third-order valence-corrected chi connectivity index (χ3v) is 6.72. The second-order valence-electron chi connectivity index (χ2n) is 11.7. The van der Waals surface area contributed by atoms with Gasteiger partial charge in [0.25, 0.3) is 0 Å². The van der Waals surface area contributed by atoms with Gasteiger partial charge in [-0.2, -0.15) is 0 Å². The van der Waals surface area contributed by atoms with Gasteiger partial charge in [-0.25, -0.2) is 4.79 Å². The number of benzene rings is 1. The predicted molar refractivity (Wildman–Crippen MR) is 155 cm³/mol. The van der Waals surface area contributed by atoms with E-state index in [0.29, 0.717) is 13.1 Å². The average Bonchev–Trinajstić information content (AvgIpc) is 2.82. The highest BCUT2D eigenvalue weighted by atomic mass is 16.6. The third-order valence-electron chi connectivity index (χ3n) is 6.72. The molecule has 0 fully saturated rings. The van der Waals surface area contributed by atoms with Crippen LogP contribution in [-0.4, -0.2) is 47.5 Å². The summed E-state index contributed by atoms with van der Waals surface area (Å²) < 4.78 is 5.46. The Kier molecular flexibility index (Phi) is 14.4. The van der Waals surface area contributed by atoms with Crippen LogP contribution in [0, 0.1) is 19.8 Å². The molecule has 216 valence electrons. The van der Waals surface area contributed by atoms with Crippen LogP contribution in [0.5, 0.6) is 0 Å². The topological polar surface area (TPSA) is 87.7 Å². The fourth-order valence-corrected chi connectivity index (χ4v) is 4.41. The molecule has 0 aliphatic rings. The van der Waals surface area contributed by atoms with Crippen LogP contribution in [0.25, 0.3) is 0 Å². The Morgan fingerprint density at radius 2 is 1.58 bits per heavy atom. The van der Waals surface area contributed by atoms with E-state index in [1.54, 1.807) is 25.7 Å². The zero-order valence-electron chi connectivity index (χ0n) is 25.4. The van der Waals surface area contributed by atoms with Crippen LogP contribution in [-0.2, 0) is 14.3 Å². The molecule has 0 bridgehead atoms. The highest BCUT2D eigenvalue weighted by Gasteiger charge is 2.37. The molecule has 1 aromatic rings. The summed E-state index contributed by atoms with van der Waals surface area (Å²) in [6.07, 6.45) is 6.22. The first kappa shape index (κ1) is 33.5. The second kappa shape index (κ2) is 16.4. The quantitative estimate of drug-likeness (QED) is 0.249. The summed E-state index contributed by atoms with van der Waals surface area (Å²) in [6.45, 7) is 18.4. The van der Waals surface area contributed by atoms with Crippen LogP contribution in [0.4, 0.5) is 4.79 Å². The van der Waals surface area contributed by atoms with E-state index in [4.69, 9.17) is 4.74 Å². The standard InChI is InChI=1S/C31H53N3O4/c1-10-12-14-16-21-34(29(36)26(22(3)4)33-30(37)38-31(7,8)9)27(28(35)32-20-15-13-11-2)25-19-17-18-23(5)24(25)6/h17-19,22,26-27H,10-16,20-21H2,1-9H3,(H,32,35)(H,33,37). The Bertz CT molecular complexity index is 892. The van der Waals surface area contributed by atoms with E-state index >= 15 is 0 Å². The van der Waals surface area contributed by atoms with Gasteiger partial charge in [0.2, 0.25) is 11.8 Å². The molecule has 1 rings (SSSR count). The van der Waals surface area contributed by atoms with E-state index in [0.717, 1.165) is 61.6 Å². The lowest BCUT2D eigenvalue weighted by atomic mass is 9.93. The highest BCUT2D eigenvalue weighted by Crippen LogP contribution is 2.28. The summed E-state index contributed by atoms with van der Waals surface area (Å²) in [6, 6.07) is 4.29. The van der Waals surface area contributed by atoms with Gasteiger partial charge >= 0.3 is 6.09 Å². The third kappa shape index (κ3) is 11.0. The van der Waals surface area contributed by atoms with E-state index in [1.165, 1.54) is 0 Å². The first-order valence-electron chi connectivity index (χ1n) is 14.5. The van der Waals surface area contributed by atoms with Crippen molar-refractivity contribution in [3.05, 3.63) is 34.9 Å². The number of nitrogens with zero attached hydrogens (tertiary/aromatic N) is 1. The summed E-state index contributed by atoms with van der Waals surface area (Å²) in [4.78, 5) is 42.4. The molecule has 7 heteroatoms. The molecule has 0 aliphatic heterocycles. The lowest BCUT2D eigenvalue weighted by Gasteiger charge is -2.36. The Labute approximate surface area is 231 Å². The van der Waals surface area contributed by atoms with Crippen LogP contribution < -0.4 is 10.6 Å². The molecule has 0 radical (unpaired) electrons. The Hall–Kier alpha value is -2.57. The molecule has 0 saturated heterocycles. The van der Waals surface area contributed by atoms with Gasteiger partial charge in [-0.15, -0.1) is 0 Å². The number of hydrogen-bond donors (Lipinski definition) is 2. The molecular weight excluding hydrogens is 478 g/mol. The lowest BCUT2D eigenvalue weighted by Crippen LogP contribution is -2.55. The van der Waals surface area contributed by atoms with E-state index in [1.807, 2.05) is 45.9 Å². The molecular formula is C31H53N3O4. The molecule has 2 atom stereocenters. The average molecular weight is 532 g/mol. The minimum Gasteiger partial charge on any atom is -0.444 e. The normalized spacial score (nSPS) is 13.1. The number of aryl methyl sites for hydroxylation is 1. The van der Waals surface area contributed by atoms with Crippen molar-refractivity contribution in [2.75, 3.05) is 13.1 Å². The molecule has 3 amide bonds. The maximum atomic E-state index is 14.2. The van der Waals surface area contributed by atoms with E-state index in [-0.39, 0.29) is 17.7 Å². The number of hydrogen-bond acceptors (Lipinski definition) is 4. The number of alkyl carbamates (subject to hydrolysis) is 1. The number of rotatable bonds is 15.